The fraction of sp³-hybridized carbons (Fsp3) is 0.615. The van der Waals surface area contributed by atoms with Crippen molar-refractivity contribution in [2.75, 3.05) is 14.1 Å². The Labute approximate surface area is 104 Å². The molecular formula is C13H22N4. The predicted molar refractivity (Wildman–Crippen MR) is 71.9 cm³/mol. The van der Waals surface area contributed by atoms with Gasteiger partial charge in [0.05, 0.1) is 18.2 Å². The van der Waals surface area contributed by atoms with E-state index in [0.717, 1.165) is 23.6 Å². The van der Waals surface area contributed by atoms with Gasteiger partial charge in [0, 0.05) is 19.5 Å². The van der Waals surface area contributed by atoms with Crippen LogP contribution in [0.2, 0.25) is 0 Å². The lowest BCUT2D eigenvalue weighted by Gasteiger charge is -2.17. The molecule has 0 saturated heterocycles. The lowest BCUT2D eigenvalue weighted by Crippen LogP contribution is -2.16. The lowest BCUT2D eigenvalue weighted by atomic mass is 9.95. The number of aliphatic imine (C=N–C) groups is 1. The van der Waals surface area contributed by atoms with Crippen LogP contribution in [-0.4, -0.2) is 35.3 Å². The Morgan fingerprint density at radius 2 is 2.00 bits per heavy atom. The van der Waals surface area contributed by atoms with E-state index in [1.165, 1.54) is 0 Å². The van der Waals surface area contributed by atoms with E-state index < -0.39 is 0 Å². The molecule has 0 radical (unpaired) electrons. The molecule has 4 nitrogen and oxygen atoms in total. The van der Waals surface area contributed by atoms with Crippen LogP contribution in [0.1, 0.15) is 39.2 Å². The number of aryl methyl sites for hydroxylation is 1. The van der Waals surface area contributed by atoms with Crippen LogP contribution in [0.15, 0.2) is 11.2 Å². The monoisotopic (exact) mass is 234 g/mol. The molecule has 0 saturated carbocycles. The Morgan fingerprint density at radius 1 is 1.35 bits per heavy atom. The van der Waals surface area contributed by atoms with Crippen molar-refractivity contribution < 1.29 is 0 Å². The molecule has 0 aromatic carbocycles. The predicted octanol–water partition coefficient (Wildman–Crippen LogP) is 2.56. The van der Waals surface area contributed by atoms with E-state index in [1.807, 2.05) is 25.2 Å². The molecule has 0 aliphatic heterocycles. The Hall–Kier alpha value is -1.45. The van der Waals surface area contributed by atoms with Crippen molar-refractivity contribution in [2.24, 2.45) is 4.99 Å². The Morgan fingerprint density at radius 3 is 2.47 bits per heavy atom. The van der Waals surface area contributed by atoms with Gasteiger partial charge in [-0.1, -0.05) is 27.7 Å². The minimum absolute atomic E-state index is 0.0201. The van der Waals surface area contributed by atoms with Gasteiger partial charge in [-0.15, -0.1) is 0 Å². The Balaban J connectivity index is 3.10. The zero-order chi connectivity index (χ0) is 13.1. The largest absolute Gasteiger partial charge is 0.369 e. The van der Waals surface area contributed by atoms with Gasteiger partial charge in [0.25, 0.3) is 0 Å². The fourth-order valence-electron chi connectivity index (χ4n) is 1.32. The topological polar surface area (TPSA) is 41.4 Å². The summed E-state index contributed by atoms with van der Waals surface area (Å²) >= 11 is 0. The summed E-state index contributed by atoms with van der Waals surface area (Å²) in [5.74, 6) is 0.873. The van der Waals surface area contributed by atoms with Gasteiger partial charge in [-0.3, -0.25) is 0 Å². The number of aromatic nitrogens is 2. The maximum atomic E-state index is 4.60. The zero-order valence-corrected chi connectivity index (χ0v) is 11.7. The SMILES string of the molecule is CCc1nc(C(C)(C)C)ncc1/N=C/N(C)C. The van der Waals surface area contributed by atoms with E-state index in [9.17, 15) is 0 Å². The van der Waals surface area contributed by atoms with E-state index >= 15 is 0 Å². The van der Waals surface area contributed by atoms with Crippen LogP contribution in [0.3, 0.4) is 0 Å². The maximum Gasteiger partial charge on any atom is 0.134 e. The smallest absolute Gasteiger partial charge is 0.134 e. The first kappa shape index (κ1) is 13.6. The molecule has 0 fully saturated rings. The number of hydrogen-bond donors (Lipinski definition) is 0. The molecule has 1 heterocycles. The third kappa shape index (κ3) is 3.80. The van der Waals surface area contributed by atoms with Crippen LogP contribution in [-0.2, 0) is 11.8 Å². The second kappa shape index (κ2) is 5.25. The van der Waals surface area contributed by atoms with Crippen molar-refractivity contribution in [2.45, 2.75) is 39.5 Å². The first-order chi connectivity index (χ1) is 7.84. The molecule has 0 aliphatic rings. The highest BCUT2D eigenvalue weighted by molar-refractivity contribution is 5.61. The van der Waals surface area contributed by atoms with E-state index in [4.69, 9.17) is 0 Å². The standard InChI is InChI=1S/C13H22N4/c1-7-10-11(15-9-17(5)6)8-14-12(16-10)13(2,3)4/h8-9H,7H2,1-6H3/b15-9+. The molecular weight excluding hydrogens is 212 g/mol. The summed E-state index contributed by atoms with van der Waals surface area (Å²) < 4.78 is 0. The van der Waals surface area contributed by atoms with Gasteiger partial charge < -0.3 is 4.90 Å². The molecule has 0 aliphatic carbocycles. The highest BCUT2D eigenvalue weighted by atomic mass is 15.1. The average Bonchev–Trinajstić information content (AvgIpc) is 2.24. The summed E-state index contributed by atoms with van der Waals surface area (Å²) in [6, 6.07) is 0. The molecule has 94 valence electrons. The van der Waals surface area contributed by atoms with Gasteiger partial charge in [0.2, 0.25) is 0 Å². The highest BCUT2D eigenvalue weighted by Gasteiger charge is 2.18. The van der Waals surface area contributed by atoms with Gasteiger partial charge in [0.1, 0.15) is 11.5 Å². The summed E-state index contributed by atoms with van der Waals surface area (Å²) in [4.78, 5) is 15.3. The van der Waals surface area contributed by atoms with Crippen LogP contribution in [0.5, 0.6) is 0 Å². The first-order valence-corrected chi connectivity index (χ1v) is 5.91. The molecule has 1 aromatic heterocycles. The molecule has 0 amide bonds. The maximum absolute atomic E-state index is 4.60. The summed E-state index contributed by atoms with van der Waals surface area (Å²) in [5.41, 5.74) is 1.84. The van der Waals surface area contributed by atoms with E-state index in [-0.39, 0.29) is 5.41 Å². The molecule has 0 N–H and O–H groups in total. The first-order valence-electron chi connectivity index (χ1n) is 5.91. The van der Waals surface area contributed by atoms with Crippen molar-refractivity contribution in [3.8, 4) is 0 Å². The van der Waals surface area contributed by atoms with E-state index in [1.54, 1.807) is 6.34 Å². The summed E-state index contributed by atoms with van der Waals surface area (Å²) in [6.45, 7) is 8.43. The van der Waals surface area contributed by atoms with Crippen LogP contribution < -0.4 is 0 Å². The summed E-state index contributed by atoms with van der Waals surface area (Å²) in [6.07, 6.45) is 4.45. The van der Waals surface area contributed by atoms with Crippen molar-refractivity contribution in [3.05, 3.63) is 17.7 Å². The van der Waals surface area contributed by atoms with Gasteiger partial charge in [-0.25, -0.2) is 15.0 Å². The molecule has 0 spiro atoms. The van der Waals surface area contributed by atoms with E-state index in [2.05, 4.69) is 42.7 Å². The molecule has 1 aromatic rings. The number of hydrogen-bond acceptors (Lipinski definition) is 3. The normalized spacial score (nSPS) is 12.1. The van der Waals surface area contributed by atoms with Gasteiger partial charge in [-0.2, -0.15) is 0 Å². The van der Waals surface area contributed by atoms with Crippen molar-refractivity contribution in [3.63, 3.8) is 0 Å². The highest BCUT2D eigenvalue weighted by Crippen LogP contribution is 2.22. The Kier molecular flexibility index (Phi) is 4.21. The third-order valence-corrected chi connectivity index (χ3v) is 2.28. The van der Waals surface area contributed by atoms with Gasteiger partial charge in [-0.05, 0) is 6.42 Å². The summed E-state index contributed by atoms with van der Waals surface area (Å²) in [5, 5.41) is 0. The fourth-order valence-corrected chi connectivity index (χ4v) is 1.32. The van der Waals surface area contributed by atoms with Gasteiger partial charge in [0.15, 0.2) is 0 Å². The van der Waals surface area contributed by atoms with Crippen LogP contribution >= 0.6 is 0 Å². The summed E-state index contributed by atoms with van der Waals surface area (Å²) in [7, 11) is 3.89. The minimum Gasteiger partial charge on any atom is -0.369 e. The van der Waals surface area contributed by atoms with Gasteiger partial charge >= 0.3 is 0 Å². The van der Waals surface area contributed by atoms with E-state index in [0.29, 0.717) is 0 Å². The Bertz CT molecular complexity index is 402. The second-order valence-corrected chi connectivity index (χ2v) is 5.34. The second-order valence-electron chi connectivity index (χ2n) is 5.34. The van der Waals surface area contributed by atoms with Crippen LogP contribution in [0.4, 0.5) is 5.69 Å². The lowest BCUT2D eigenvalue weighted by molar-refractivity contribution is 0.542. The number of rotatable bonds is 3. The van der Waals surface area contributed by atoms with Crippen molar-refractivity contribution in [1.82, 2.24) is 14.9 Å². The minimum atomic E-state index is -0.0201. The molecule has 0 atom stereocenters. The zero-order valence-electron chi connectivity index (χ0n) is 11.7. The molecule has 4 heteroatoms. The molecule has 1 rings (SSSR count). The molecule has 0 bridgehead atoms. The van der Waals surface area contributed by atoms with Crippen molar-refractivity contribution >= 4 is 12.0 Å². The van der Waals surface area contributed by atoms with Crippen LogP contribution in [0, 0.1) is 0 Å². The van der Waals surface area contributed by atoms with Crippen molar-refractivity contribution in [1.29, 1.82) is 0 Å². The number of nitrogens with zero attached hydrogens (tertiary/aromatic N) is 4. The quantitative estimate of drug-likeness (QED) is 0.596. The third-order valence-electron chi connectivity index (χ3n) is 2.28. The average molecular weight is 234 g/mol. The molecule has 0 unspecified atom stereocenters. The molecule has 17 heavy (non-hydrogen) atoms. The van der Waals surface area contributed by atoms with Crippen LogP contribution in [0.25, 0.3) is 0 Å².